The van der Waals surface area contributed by atoms with Crippen LogP contribution in [0.2, 0.25) is 0 Å². The topological polar surface area (TPSA) is 58.2 Å². The van der Waals surface area contributed by atoms with Gasteiger partial charge in [0.2, 0.25) is 11.8 Å². The first kappa shape index (κ1) is 25.5. The highest BCUT2D eigenvalue weighted by atomic mass is 16.2. The van der Waals surface area contributed by atoms with Gasteiger partial charge in [-0.05, 0) is 47.9 Å². The fourth-order valence-corrected chi connectivity index (χ4v) is 5.52. The van der Waals surface area contributed by atoms with E-state index in [2.05, 4.69) is 10.6 Å². The Kier molecular flexibility index (Phi) is 8.29. The molecule has 0 unspecified atom stereocenters. The Morgan fingerprint density at radius 2 is 0.684 bits per heavy atom. The Morgan fingerprint density at radius 3 is 0.921 bits per heavy atom. The molecule has 0 spiro atoms. The largest absolute Gasteiger partial charge is 0.353 e. The second-order valence-corrected chi connectivity index (χ2v) is 10.1. The minimum atomic E-state index is -0.340. The predicted molar refractivity (Wildman–Crippen MR) is 152 cm³/mol. The van der Waals surface area contributed by atoms with Crippen molar-refractivity contribution in [3.63, 3.8) is 0 Å². The summed E-state index contributed by atoms with van der Waals surface area (Å²) in [6, 6.07) is 40.0. The van der Waals surface area contributed by atoms with Crippen LogP contribution in [0, 0.1) is 0 Å². The van der Waals surface area contributed by atoms with Crippen molar-refractivity contribution >= 4 is 11.8 Å². The fourth-order valence-electron chi connectivity index (χ4n) is 5.52. The second-order valence-electron chi connectivity index (χ2n) is 10.1. The minimum Gasteiger partial charge on any atom is -0.353 e. The summed E-state index contributed by atoms with van der Waals surface area (Å²) >= 11 is 0. The van der Waals surface area contributed by atoms with E-state index >= 15 is 0 Å². The molecule has 0 aromatic heterocycles. The molecule has 5 rings (SSSR count). The van der Waals surface area contributed by atoms with Gasteiger partial charge in [-0.2, -0.15) is 0 Å². The van der Waals surface area contributed by atoms with E-state index in [9.17, 15) is 9.59 Å². The molecule has 0 saturated heterocycles. The van der Waals surface area contributed by atoms with Crippen LogP contribution in [0.15, 0.2) is 121 Å². The molecule has 192 valence electrons. The van der Waals surface area contributed by atoms with Crippen LogP contribution in [0.3, 0.4) is 0 Å². The molecule has 0 atom stereocenters. The van der Waals surface area contributed by atoms with Gasteiger partial charge in [-0.15, -0.1) is 0 Å². The Bertz CT molecular complexity index is 1120. The summed E-state index contributed by atoms with van der Waals surface area (Å²) in [5.74, 6) is -0.620. The molecule has 1 aliphatic rings. The van der Waals surface area contributed by atoms with Gasteiger partial charge in [0, 0.05) is 12.1 Å². The van der Waals surface area contributed by atoms with Crippen LogP contribution in [-0.4, -0.2) is 23.9 Å². The van der Waals surface area contributed by atoms with Gasteiger partial charge in [-0.25, -0.2) is 0 Å². The second kappa shape index (κ2) is 12.4. The van der Waals surface area contributed by atoms with E-state index in [4.69, 9.17) is 0 Å². The van der Waals surface area contributed by atoms with E-state index in [1.807, 2.05) is 121 Å². The summed E-state index contributed by atoms with van der Waals surface area (Å²) in [6.45, 7) is 0. The number of carbonyl (C=O) groups excluding carboxylic acids is 2. The molecule has 4 aromatic carbocycles. The van der Waals surface area contributed by atoms with Crippen LogP contribution in [0.25, 0.3) is 0 Å². The molecular weight excluding hydrogens is 468 g/mol. The molecule has 4 aromatic rings. The van der Waals surface area contributed by atoms with Crippen LogP contribution in [-0.2, 0) is 9.59 Å². The quantitative estimate of drug-likeness (QED) is 0.302. The number of rotatable bonds is 8. The molecule has 2 N–H and O–H groups in total. The van der Waals surface area contributed by atoms with E-state index in [0.29, 0.717) is 0 Å². The normalized spacial score (nSPS) is 17.2. The molecule has 0 aliphatic heterocycles. The third-order valence-corrected chi connectivity index (χ3v) is 7.48. The van der Waals surface area contributed by atoms with Crippen molar-refractivity contribution < 1.29 is 9.59 Å². The highest BCUT2D eigenvalue weighted by Crippen LogP contribution is 2.28. The lowest BCUT2D eigenvalue weighted by Gasteiger charge is -2.32. The Morgan fingerprint density at radius 1 is 0.447 bits per heavy atom. The number of carbonyl (C=O) groups is 2. The van der Waals surface area contributed by atoms with Crippen LogP contribution < -0.4 is 10.6 Å². The SMILES string of the molecule is O=C(NC1CCC(NC(=O)C(c2ccccc2)c2ccccc2)CC1)C(c1ccccc1)c1ccccc1. The van der Waals surface area contributed by atoms with Crippen molar-refractivity contribution in [2.24, 2.45) is 0 Å². The molecule has 1 aliphatic carbocycles. The van der Waals surface area contributed by atoms with E-state index in [1.54, 1.807) is 0 Å². The highest BCUT2D eigenvalue weighted by Gasteiger charge is 2.30. The summed E-state index contributed by atoms with van der Waals surface area (Å²) in [6.07, 6.45) is 3.37. The Labute approximate surface area is 225 Å². The zero-order valence-corrected chi connectivity index (χ0v) is 21.5. The first-order valence-electron chi connectivity index (χ1n) is 13.5. The van der Waals surface area contributed by atoms with Crippen LogP contribution >= 0.6 is 0 Å². The molecule has 0 radical (unpaired) electrons. The summed E-state index contributed by atoms with van der Waals surface area (Å²) in [5.41, 5.74) is 3.96. The van der Waals surface area contributed by atoms with Crippen LogP contribution in [0.5, 0.6) is 0 Å². The van der Waals surface area contributed by atoms with Gasteiger partial charge < -0.3 is 10.6 Å². The van der Waals surface area contributed by atoms with E-state index in [-0.39, 0.29) is 35.7 Å². The van der Waals surface area contributed by atoms with Crippen LogP contribution in [0.1, 0.15) is 59.8 Å². The molecule has 4 nitrogen and oxygen atoms in total. The average Bonchev–Trinajstić information content (AvgIpc) is 2.97. The molecule has 2 amide bonds. The summed E-state index contributed by atoms with van der Waals surface area (Å²) in [4.78, 5) is 27.0. The average molecular weight is 503 g/mol. The Balaban J connectivity index is 1.21. The standard InChI is InChI=1S/C34H34N2O2/c37-33(31(25-13-5-1-6-14-25)26-15-7-2-8-16-26)35-29-21-23-30(24-22-29)36-34(38)32(27-17-9-3-10-18-27)28-19-11-4-12-20-28/h1-20,29-32H,21-24H2,(H,35,37)(H,36,38). The third kappa shape index (κ3) is 6.20. The Hall–Kier alpha value is -4.18. The third-order valence-electron chi connectivity index (χ3n) is 7.48. The molecule has 0 heterocycles. The molecular formula is C34H34N2O2. The lowest BCUT2D eigenvalue weighted by atomic mass is 9.87. The van der Waals surface area contributed by atoms with Gasteiger partial charge in [-0.3, -0.25) is 9.59 Å². The molecule has 4 heteroatoms. The van der Waals surface area contributed by atoms with Crippen molar-refractivity contribution in [1.29, 1.82) is 0 Å². The molecule has 1 saturated carbocycles. The predicted octanol–water partition coefficient (Wildman–Crippen LogP) is 6.19. The maximum absolute atomic E-state index is 13.5. The van der Waals surface area contributed by atoms with Gasteiger partial charge >= 0.3 is 0 Å². The highest BCUT2D eigenvalue weighted by molar-refractivity contribution is 5.88. The number of amides is 2. The molecule has 1 fully saturated rings. The zero-order chi connectivity index (χ0) is 26.2. The van der Waals surface area contributed by atoms with E-state index < -0.39 is 0 Å². The van der Waals surface area contributed by atoms with Crippen molar-refractivity contribution in [2.75, 3.05) is 0 Å². The van der Waals surface area contributed by atoms with Gasteiger partial charge in [0.1, 0.15) is 0 Å². The first-order valence-corrected chi connectivity index (χ1v) is 13.5. The smallest absolute Gasteiger partial charge is 0.232 e. The van der Waals surface area contributed by atoms with Crippen molar-refractivity contribution in [3.8, 4) is 0 Å². The number of nitrogens with one attached hydrogen (secondary N) is 2. The van der Waals surface area contributed by atoms with Crippen LogP contribution in [0.4, 0.5) is 0 Å². The van der Waals surface area contributed by atoms with Gasteiger partial charge in [0.15, 0.2) is 0 Å². The van der Waals surface area contributed by atoms with Gasteiger partial charge in [0.05, 0.1) is 11.8 Å². The number of hydrogen-bond donors (Lipinski definition) is 2. The zero-order valence-electron chi connectivity index (χ0n) is 21.5. The maximum atomic E-state index is 13.5. The number of benzene rings is 4. The lowest BCUT2D eigenvalue weighted by molar-refractivity contribution is -0.124. The lowest BCUT2D eigenvalue weighted by Crippen LogP contribution is -2.46. The first-order chi connectivity index (χ1) is 18.7. The van der Waals surface area contributed by atoms with Gasteiger partial charge in [0.25, 0.3) is 0 Å². The van der Waals surface area contributed by atoms with E-state index in [0.717, 1.165) is 47.9 Å². The van der Waals surface area contributed by atoms with Gasteiger partial charge in [-0.1, -0.05) is 121 Å². The summed E-state index contributed by atoms with van der Waals surface area (Å²) in [5, 5.41) is 6.63. The fraction of sp³-hybridized carbons (Fsp3) is 0.235. The monoisotopic (exact) mass is 502 g/mol. The van der Waals surface area contributed by atoms with E-state index in [1.165, 1.54) is 0 Å². The number of hydrogen-bond acceptors (Lipinski definition) is 2. The van der Waals surface area contributed by atoms with Crippen molar-refractivity contribution in [3.05, 3.63) is 144 Å². The minimum absolute atomic E-state index is 0.0307. The van der Waals surface area contributed by atoms with Crippen molar-refractivity contribution in [1.82, 2.24) is 10.6 Å². The maximum Gasteiger partial charge on any atom is 0.232 e. The molecule has 38 heavy (non-hydrogen) atoms. The molecule has 0 bridgehead atoms. The summed E-state index contributed by atoms with van der Waals surface area (Å²) in [7, 11) is 0. The summed E-state index contributed by atoms with van der Waals surface area (Å²) < 4.78 is 0. The van der Waals surface area contributed by atoms with Crippen molar-refractivity contribution in [2.45, 2.75) is 49.6 Å².